The van der Waals surface area contributed by atoms with Gasteiger partial charge in [0.25, 0.3) is 0 Å². The van der Waals surface area contributed by atoms with Crippen molar-refractivity contribution in [2.24, 2.45) is 5.92 Å². The van der Waals surface area contributed by atoms with Gasteiger partial charge in [-0.3, -0.25) is 0 Å². The Morgan fingerprint density at radius 2 is 1.96 bits per heavy atom. The average molecular weight is 378 g/mol. The molecule has 142 valence electrons. The zero-order valence-electron chi connectivity index (χ0n) is 15.2. The van der Waals surface area contributed by atoms with Crippen LogP contribution in [0.5, 0.6) is 0 Å². The number of pyridine rings is 1. The molecule has 2 aromatic heterocycles. The molecule has 0 aromatic carbocycles. The van der Waals surface area contributed by atoms with Crippen molar-refractivity contribution in [1.82, 2.24) is 14.7 Å². The Hall–Kier alpha value is -1.93. The Bertz CT molecular complexity index is 780. The van der Waals surface area contributed by atoms with E-state index in [2.05, 4.69) is 20.0 Å². The maximum Gasteiger partial charge on any atom is 0.227 e. The van der Waals surface area contributed by atoms with E-state index in [4.69, 9.17) is 4.42 Å². The Morgan fingerprint density at radius 3 is 2.54 bits per heavy atom. The Morgan fingerprint density at radius 1 is 1.19 bits per heavy atom. The number of hydrogen-bond acceptors (Lipinski definition) is 6. The molecule has 2 heterocycles. The normalized spacial score (nSPS) is 21.0. The van der Waals surface area contributed by atoms with E-state index in [9.17, 15) is 8.42 Å². The first-order chi connectivity index (χ1) is 12.4. The molecule has 0 amide bonds. The van der Waals surface area contributed by atoms with Crippen LogP contribution in [0, 0.1) is 5.92 Å². The number of rotatable bonds is 7. The summed E-state index contributed by atoms with van der Waals surface area (Å²) in [6.07, 6.45) is 8.94. The predicted octanol–water partition coefficient (Wildman–Crippen LogP) is 3.04. The molecule has 0 bridgehead atoms. The van der Waals surface area contributed by atoms with Crippen molar-refractivity contribution in [2.75, 3.05) is 11.9 Å². The molecule has 0 radical (unpaired) electrons. The fourth-order valence-corrected chi connectivity index (χ4v) is 3.89. The van der Waals surface area contributed by atoms with Gasteiger partial charge in [-0.15, -0.1) is 0 Å². The van der Waals surface area contributed by atoms with Crippen LogP contribution in [0.25, 0.3) is 11.5 Å². The lowest BCUT2D eigenvalue weighted by molar-refractivity contribution is 0.336. The van der Waals surface area contributed by atoms with Crippen molar-refractivity contribution in [1.29, 1.82) is 0 Å². The van der Waals surface area contributed by atoms with Gasteiger partial charge in [0, 0.05) is 18.8 Å². The molecule has 2 N–H and O–H groups in total. The van der Waals surface area contributed by atoms with Crippen LogP contribution in [0.4, 0.5) is 5.82 Å². The minimum atomic E-state index is -3.17. The van der Waals surface area contributed by atoms with Gasteiger partial charge in [0.05, 0.1) is 17.0 Å². The number of hydrogen-bond donors (Lipinski definition) is 2. The number of anilines is 1. The van der Waals surface area contributed by atoms with Gasteiger partial charge >= 0.3 is 0 Å². The Kier molecular flexibility index (Phi) is 5.93. The number of oxazole rings is 1. The molecule has 1 aliphatic carbocycles. The third kappa shape index (κ3) is 4.82. The first kappa shape index (κ1) is 18.8. The molecule has 0 spiro atoms. The summed E-state index contributed by atoms with van der Waals surface area (Å²) in [5.74, 6) is 1.81. The summed E-state index contributed by atoms with van der Waals surface area (Å²) >= 11 is 0. The molecule has 1 saturated carbocycles. The molecule has 0 aliphatic heterocycles. The first-order valence-electron chi connectivity index (χ1n) is 9.05. The van der Waals surface area contributed by atoms with Gasteiger partial charge in [-0.2, -0.15) is 0 Å². The van der Waals surface area contributed by atoms with E-state index in [0.717, 1.165) is 37.1 Å². The van der Waals surface area contributed by atoms with Crippen molar-refractivity contribution in [3.05, 3.63) is 30.8 Å². The van der Waals surface area contributed by atoms with E-state index in [-0.39, 0.29) is 5.25 Å². The molecule has 1 fully saturated rings. The maximum atomic E-state index is 11.8. The Labute approximate surface area is 154 Å². The average Bonchev–Trinajstić information content (AvgIpc) is 3.16. The minimum absolute atomic E-state index is 0.369. The van der Waals surface area contributed by atoms with Crippen molar-refractivity contribution in [3.63, 3.8) is 0 Å². The van der Waals surface area contributed by atoms with E-state index in [1.54, 1.807) is 32.5 Å². The van der Waals surface area contributed by atoms with Crippen LogP contribution in [0.15, 0.2) is 35.2 Å². The molecular weight excluding hydrogens is 352 g/mol. The molecule has 2 aromatic rings. The van der Waals surface area contributed by atoms with E-state index < -0.39 is 10.0 Å². The van der Waals surface area contributed by atoms with Gasteiger partial charge in [-0.25, -0.2) is 23.1 Å². The lowest BCUT2D eigenvalue weighted by Crippen LogP contribution is -2.37. The van der Waals surface area contributed by atoms with Crippen molar-refractivity contribution >= 4 is 15.8 Å². The predicted molar refractivity (Wildman–Crippen MR) is 101 cm³/mol. The van der Waals surface area contributed by atoms with Crippen LogP contribution in [0.1, 0.15) is 39.5 Å². The van der Waals surface area contributed by atoms with E-state index in [0.29, 0.717) is 24.4 Å². The molecule has 26 heavy (non-hydrogen) atoms. The molecule has 8 heteroatoms. The Balaban J connectivity index is 1.45. The van der Waals surface area contributed by atoms with E-state index in [1.807, 2.05) is 12.1 Å². The second-order valence-electron chi connectivity index (χ2n) is 7.07. The van der Waals surface area contributed by atoms with Gasteiger partial charge in [-0.05, 0) is 57.6 Å². The molecule has 1 aliphatic rings. The molecule has 0 unspecified atom stereocenters. The van der Waals surface area contributed by atoms with Crippen LogP contribution in [-0.2, 0) is 10.0 Å². The molecular formula is C18H26N4O3S. The van der Waals surface area contributed by atoms with Crippen molar-refractivity contribution in [2.45, 2.75) is 50.8 Å². The van der Waals surface area contributed by atoms with Gasteiger partial charge in [0.1, 0.15) is 12.1 Å². The lowest BCUT2D eigenvalue weighted by Gasteiger charge is -2.29. The third-order valence-electron chi connectivity index (χ3n) is 4.84. The zero-order chi connectivity index (χ0) is 18.6. The molecule has 0 saturated heterocycles. The van der Waals surface area contributed by atoms with Gasteiger partial charge in [0.2, 0.25) is 15.9 Å². The van der Waals surface area contributed by atoms with Crippen LogP contribution < -0.4 is 10.0 Å². The second-order valence-corrected chi connectivity index (χ2v) is 9.40. The van der Waals surface area contributed by atoms with Gasteiger partial charge < -0.3 is 9.73 Å². The largest absolute Gasteiger partial charge is 0.444 e. The third-order valence-corrected chi connectivity index (χ3v) is 6.65. The van der Waals surface area contributed by atoms with E-state index in [1.165, 1.54) is 0 Å². The number of sulfonamides is 1. The highest BCUT2D eigenvalue weighted by atomic mass is 32.2. The van der Waals surface area contributed by atoms with Crippen molar-refractivity contribution in [3.8, 4) is 11.5 Å². The summed E-state index contributed by atoms with van der Waals surface area (Å²) in [5.41, 5.74) is 0.849. The highest BCUT2D eigenvalue weighted by Gasteiger charge is 2.23. The second kappa shape index (κ2) is 8.18. The zero-order valence-corrected chi connectivity index (χ0v) is 16.0. The first-order valence-corrected chi connectivity index (χ1v) is 10.6. The fourth-order valence-electron chi connectivity index (χ4n) is 3.09. The highest BCUT2D eigenvalue weighted by molar-refractivity contribution is 7.90. The van der Waals surface area contributed by atoms with Crippen molar-refractivity contribution < 1.29 is 12.8 Å². The molecule has 7 nitrogen and oxygen atoms in total. The fraction of sp³-hybridized carbons (Fsp3) is 0.556. The summed E-state index contributed by atoms with van der Waals surface area (Å²) in [7, 11) is -3.17. The van der Waals surface area contributed by atoms with Crippen LogP contribution in [-0.4, -0.2) is 36.2 Å². The topological polar surface area (TPSA) is 97.1 Å². The number of nitrogens with zero attached hydrogens (tertiary/aromatic N) is 2. The number of aromatic nitrogens is 2. The lowest BCUT2D eigenvalue weighted by atomic mass is 9.86. The number of nitrogens with one attached hydrogen (secondary N) is 2. The molecule has 0 atom stereocenters. The minimum Gasteiger partial charge on any atom is -0.444 e. The summed E-state index contributed by atoms with van der Waals surface area (Å²) in [6, 6.07) is 4.24. The summed E-state index contributed by atoms with van der Waals surface area (Å²) in [6.45, 7) is 3.93. The maximum absolute atomic E-state index is 11.8. The SMILES string of the molecule is CC(C)S(=O)(=O)NC[C@H]1CC[C@H](Nc2ccc(-c3ncco3)cn2)CC1. The summed E-state index contributed by atoms with van der Waals surface area (Å²) in [4.78, 5) is 8.54. The smallest absolute Gasteiger partial charge is 0.227 e. The van der Waals surface area contributed by atoms with E-state index >= 15 is 0 Å². The highest BCUT2D eigenvalue weighted by Crippen LogP contribution is 2.26. The van der Waals surface area contributed by atoms with Gasteiger partial charge in [-0.1, -0.05) is 0 Å². The summed E-state index contributed by atoms with van der Waals surface area (Å²) < 4.78 is 31.7. The monoisotopic (exact) mass is 378 g/mol. The van der Waals surface area contributed by atoms with Crippen LogP contribution in [0.3, 0.4) is 0 Å². The van der Waals surface area contributed by atoms with Gasteiger partial charge in [0.15, 0.2) is 0 Å². The summed E-state index contributed by atoms with van der Waals surface area (Å²) in [5, 5.41) is 3.08. The van der Waals surface area contributed by atoms with Crippen LogP contribution in [0.2, 0.25) is 0 Å². The van der Waals surface area contributed by atoms with Crippen LogP contribution >= 0.6 is 0 Å². The quantitative estimate of drug-likeness (QED) is 0.769. The standard InChI is InChI=1S/C18H26N4O3S/c1-13(2)26(23,24)21-11-14-3-6-16(7-4-14)22-17-8-5-15(12-20-17)18-19-9-10-25-18/h5,8-10,12-14,16,21H,3-4,6-7,11H2,1-2H3,(H,20,22)/t14-,16-. The molecule has 3 rings (SSSR count).